The predicted octanol–water partition coefficient (Wildman–Crippen LogP) is 2.00. The molecule has 2 aliphatic rings. The van der Waals surface area contributed by atoms with Crippen molar-refractivity contribution in [1.82, 2.24) is 5.32 Å². The Morgan fingerprint density at radius 3 is 2.70 bits per heavy atom. The first-order chi connectivity index (χ1) is 11.0. The number of anilines is 1. The highest BCUT2D eigenvalue weighted by Crippen LogP contribution is 2.37. The van der Waals surface area contributed by atoms with E-state index in [9.17, 15) is 19.5 Å². The summed E-state index contributed by atoms with van der Waals surface area (Å²) in [6, 6.07) is 7.41. The highest BCUT2D eigenvalue weighted by molar-refractivity contribution is 8.01. The SMILES string of the molecule is O=C(CC1Sc2ccccc2NC1=O)NC1(C(=O)O)CCCC1. The highest BCUT2D eigenvalue weighted by atomic mass is 32.2. The molecule has 1 aliphatic carbocycles. The molecule has 0 aromatic heterocycles. The fourth-order valence-corrected chi connectivity index (χ4v) is 4.19. The van der Waals surface area contributed by atoms with E-state index in [0.29, 0.717) is 12.8 Å². The van der Waals surface area contributed by atoms with Crippen LogP contribution in [0.15, 0.2) is 29.2 Å². The minimum Gasteiger partial charge on any atom is -0.480 e. The molecule has 1 saturated carbocycles. The lowest BCUT2D eigenvalue weighted by Crippen LogP contribution is -2.53. The van der Waals surface area contributed by atoms with E-state index in [0.717, 1.165) is 23.4 Å². The first-order valence-electron chi connectivity index (χ1n) is 7.61. The number of para-hydroxylation sites is 1. The van der Waals surface area contributed by atoms with E-state index < -0.39 is 16.8 Å². The van der Waals surface area contributed by atoms with Gasteiger partial charge in [0.2, 0.25) is 11.8 Å². The molecule has 2 amide bonds. The Labute approximate surface area is 138 Å². The normalized spacial score (nSPS) is 22.1. The zero-order valence-electron chi connectivity index (χ0n) is 12.5. The van der Waals surface area contributed by atoms with E-state index in [1.54, 1.807) is 0 Å². The summed E-state index contributed by atoms with van der Waals surface area (Å²) < 4.78 is 0. The van der Waals surface area contributed by atoms with Gasteiger partial charge in [-0.05, 0) is 25.0 Å². The zero-order chi connectivity index (χ0) is 16.4. The molecule has 1 aliphatic heterocycles. The van der Waals surface area contributed by atoms with Crippen LogP contribution in [0.3, 0.4) is 0 Å². The summed E-state index contributed by atoms with van der Waals surface area (Å²) in [5.41, 5.74) is -0.415. The van der Waals surface area contributed by atoms with Crippen molar-refractivity contribution in [3.05, 3.63) is 24.3 Å². The number of carboxylic acids is 1. The molecule has 1 aromatic rings. The first kappa shape index (κ1) is 15.9. The van der Waals surface area contributed by atoms with Crippen LogP contribution in [0.5, 0.6) is 0 Å². The summed E-state index contributed by atoms with van der Waals surface area (Å²) in [5, 5.41) is 14.3. The number of thioether (sulfide) groups is 1. The average molecular weight is 334 g/mol. The predicted molar refractivity (Wildman–Crippen MR) is 86.3 cm³/mol. The van der Waals surface area contributed by atoms with Crippen LogP contribution in [-0.2, 0) is 14.4 Å². The van der Waals surface area contributed by atoms with Crippen molar-refractivity contribution in [2.45, 2.75) is 47.8 Å². The maximum atomic E-state index is 12.3. The van der Waals surface area contributed by atoms with E-state index in [-0.39, 0.29) is 18.2 Å². The number of carbonyl (C=O) groups is 3. The molecule has 3 rings (SSSR count). The van der Waals surface area contributed by atoms with Crippen molar-refractivity contribution < 1.29 is 19.5 Å². The van der Waals surface area contributed by atoms with Crippen LogP contribution >= 0.6 is 11.8 Å². The van der Waals surface area contributed by atoms with E-state index in [1.165, 1.54) is 11.8 Å². The van der Waals surface area contributed by atoms with Crippen molar-refractivity contribution in [1.29, 1.82) is 0 Å². The number of rotatable bonds is 4. The van der Waals surface area contributed by atoms with Crippen LogP contribution in [0.25, 0.3) is 0 Å². The van der Waals surface area contributed by atoms with Gasteiger partial charge in [0.1, 0.15) is 5.54 Å². The Morgan fingerprint density at radius 1 is 1.30 bits per heavy atom. The third kappa shape index (κ3) is 3.19. The van der Waals surface area contributed by atoms with Gasteiger partial charge < -0.3 is 15.7 Å². The van der Waals surface area contributed by atoms with Gasteiger partial charge >= 0.3 is 5.97 Å². The molecule has 1 unspecified atom stereocenters. The summed E-state index contributed by atoms with van der Waals surface area (Å²) in [5.74, 6) is -1.60. The molecule has 122 valence electrons. The fraction of sp³-hybridized carbons (Fsp3) is 0.438. The molecule has 23 heavy (non-hydrogen) atoms. The number of fused-ring (bicyclic) bond motifs is 1. The molecule has 1 atom stereocenters. The molecule has 0 radical (unpaired) electrons. The summed E-state index contributed by atoms with van der Waals surface area (Å²) in [6.07, 6.45) is 2.44. The molecule has 1 heterocycles. The number of nitrogens with one attached hydrogen (secondary N) is 2. The van der Waals surface area contributed by atoms with Gasteiger partial charge in [0, 0.05) is 11.3 Å². The Kier molecular flexibility index (Phi) is 4.30. The Bertz CT molecular complexity index is 655. The maximum absolute atomic E-state index is 12.3. The molecule has 0 bridgehead atoms. The fourth-order valence-electron chi connectivity index (χ4n) is 3.08. The number of hydrogen-bond acceptors (Lipinski definition) is 4. The Morgan fingerprint density at radius 2 is 2.00 bits per heavy atom. The van der Waals surface area contributed by atoms with Crippen molar-refractivity contribution in [2.24, 2.45) is 0 Å². The minimum atomic E-state index is -1.16. The number of amides is 2. The lowest BCUT2D eigenvalue weighted by Gasteiger charge is -2.28. The van der Waals surface area contributed by atoms with Crippen molar-refractivity contribution in [3.8, 4) is 0 Å². The van der Waals surface area contributed by atoms with Gasteiger partial charge in [0.05, 0.1) is 10.9 Å². The van der Waals surface area contributed by atoms with Crippen LogP contribution in [0.4, 0.5) is 5.69 Å². The van der Waals surface area contributed by atoms with Crippen LogP contribution < -0.4 is 10.6 Å². The molecule has 7 heteroatoms. The van der Waals surface area contributed by atoms with Crippen LogP contribution in [-0.4, -0.2) is 33.7 Å². The molecular formula is C16H18N2O4S. The number of carboxylic acid groups (broad SMARTS) is 1. The average Bonchev–Trinajstić information content (AvgIpc) is 2.98. The van der Waals surface area contributed by atoms with E-state index in [1.807, 2.05) is 24.3 Å². The van der Waals surface area contributed by atoms with Gasteiger partial charge in [-0.15, -0.1) is 11.8 Å². The quantitative estimate of drug-likeness (QED) is 0.783. The molecule has 3 N–H and O–H groups in total. The number of hydrogen-bond donors (Lipinski definition) is 3. The van der Waals surface area contributed by atoms with Gasteiger partial charge in [-0.1, -0.05) is 25.0 Å². The molecule has 1 fully saturated rings. The van der Waals surface area contributed by atoms with Crippen LogP contribution in [0.1, 0.15) is 32.1 Å². The second-order valence-corrected chi connectivity index (χ2v) is 7.18. The summed E-state index contributed by atoms with van der Waals surface area (Å²) in [4.78, 5) is 36.8. The number of benzene rings is 1. The molecular weight excluding hydrogens is 316 g/mol. The molecule has 1 aromatic carbocycles. The second-order valence-electron chi connectivity index (χ2n) is 5.94. The lowest BCUT2D eigenvalue weighted by atomic mass is 9.97. The third-order valence-electron chi connectivity index (χ3n) is 4.32. The molecule has 6 nitrogen and oxygen atoms in total. The van der Waals surface area contributed by atoms with E-state index >= 15 is 0 Å². The monoisotopic (exact) mass is 334 g/mol. The highest BCUT2D eigenvalue weighted by Gasteiger charge is 2.43. The molecule has 0 spiro atoms. The first-order valence-corrected chi connectivity index (χ1v) is 8.49. The van der Waals surface area contributed by atoms with Gasteiger partial charge in [0.15, 0.2) is 0 Å². The number of aliphatic carboxylic acids is 1. The Balaban J connectivity index is 1.66. The van der Waals surface area contributed by atoms with E-state index in [2.05, 4.69) is 10.6 Å². The van der Waals surface area contributed by atoms with Crippen molar-refractivity contribution in [2.75, 3.05) is 5.32 Å². The summed E-state index contributed by atoms with van der Waals surface area (Å²) >= 11 is 1.34. The van der Waals surface area contributed by atoms with Gasteiger partial charge in [-0.25, -0.2) is 4.79 Å². The molecule has 0 saturated heterocycles. The van der Waals surface area contributed by atoms with Gasteiger partial charge in [-0.2, -0.15) is 0 Å². The summed E-state index contributed by atoms with van der Waals surface area (Å²) in [6.45, 7) is 0. The van der Waals surface area contributed by atoms with E-state index in [4.69, 9.17) is 0 Å². The standard InChI is InChI=1S/C16H18N2O4S/c19-13(18-16(15(21)22)7-3-4-8-16)9-12-14(20)17-10-5-1-2-6-11(10)23-12/h1-2,5-6,12H,3-4,7-9H2,(H,17,20)(H,18,19)(H,21,22). The lowest BCUT2D eigenvalue weighted by molar-refractivity contribution is -0.147. The smallest absolute Gasteiger partial charge is 0.329 e. The third-order valence-corrected chi connectivity index (χ3v) is 5.60. The Hall–Kier alpha value is -2.02. The largest absolute Gasteiger partial charge is 0.480 e. The maximum Gasteiger partial charge on any atom is 0.329 e. The van der Waals surface area contributed by atoms with Gasteiger partial charge in [-0.3, -0.25) is 9.59 Å². The zero-order valence-corrected chi connectivity index (χ0v) is 13.3. The second kappa shape index (κ2) is 6.23. The van der Waals surface area contributed by atoms with Crippen LogP contribution in [0, 0.1) is 0 Å². The topological polar surface area (TPSA) is 95.5 Å². The van der Waals surface area contributed by atoms with Crippen molar-refractivity contribution in [3.63, 3.8) is 0 Å². The minimum absolute atomic E-state index is 0.0279. The van der Waals surface area contributed by atoms with Gasteiger partial charge in [0.25, 0.3) is 0 Å². The van der Waals surface area contributed by atoms with Crippen LogP contribution in [0.2, 0.25) is 0 Å². The number of carbonyl (C=O) groups excluding carboxylic acids is 2. The summed E-state index contributed by atoms with van der Waals surface area (Å²) in [7, 11) is 0. The van der Waals surface area contributed by atoms with Crippen molar-refractivity contribution >= 4 is 35.2 Å².